The van der Waals surface area contributed by atoms with Crippen LogP contribution >= 0.6 is 0 Å². The Morgan fingerprint density at radius 3 is 2.90 bits per heavy atom. The number of methoxy groups -OCH3 is 1. The Labute approximate surface area is 168 Å². The fraction of sp³-hybridized carbons (Fsp3) is 0.364. The van der Waals surface area contributed by atoms with Crippen LogP contribution in [0.4, 0.5) is 0 Å². The van der Waals surface area contributed by atoms with E-state index in [-0.39, 0.29) is 23.1 Å². The van der Waals surface area contributed by atoms with E-state index in [0.717, 1.165) is 30.7 Å². The molecular formula is C22H23N3O4. The number of pyridine rings is 1. The second-order valence-electron chi connectivity index (χ2n) is 7.32. The van der Waals surface area contributed by atoms with Gasteiger partial charge in [-0.05, 0) is 37.5 Å². The lowest BCUT2D eigenvalue weighted by Crippen LogP contribution is -2.35. The van der Waals surface area contributed by atoms with E-state index in [2.05, 4.69) is 6.07 Å². The molecule has 0 aliphatic carbocycles. The summed E-state index contributed by atoms with van der Waals surface area (Å²) in [4.78, 5) is 13.6. The Balaban J connectivity index is 1.89. The molecule has 2 aliphatic rings. The zero-order valence-corrected chi connectivity index (χ0v) is 16.5. The molecule has 1 fully saturated rings. The van der Waals surface area contributed by atoms with Gasteiger partial charge in [0.25, 0.3) is 5.56 Å². The minimum atomic E-state index is -0.623. The molecule has 2 aromatic rings. The summed E-state index contributed by atoms with van der Waals surface area (Å²) in [6.45, 7) is 3.06. The van der Waals surface area contributed by atoms with Crippen molar-refractivity contribution in [2.45, 2.75) is 38.3 Å². The van der Waals surface area contributed by atoms with Crippen LogP contribution in [0.3, 0.4) is 0 Å². The molecule has 2 atom stereocenters. The zero-order chi connectivity index (χ0) is 20.5. The van der Waals surface area contributed by atoms with Crippen molar-refractivity contribution in [3.63, 3.8) is 0 Å². The monoisotopic (exact) mass is 393 g/mol. The third kappa shape index (κ3) is 3.36. The van der Waals surface area contributed by atoms with Crippen LogP contribution in [0.5, 0.6) is 11.5 Å². The maximum absolute atomic E-state index is 13.6. The van der Waals surface area contributed by atoms with Crippen LogP contribution < -0.4 is 20.8 Å². The summed E-state index contributed by atoms with van der Waals surface area (Å²) in [5, 5.41) is 9.76. The zero-order valence-electron chi connectivity index (χ0n) is 16.5. The van der Waals surface area contributed by atoms with Crippen molar-refractivity contribution in [2.24, 2.45) is 5.73 Å². The minimum absolute atomic E-state index is 0.0141. The number of benzene rings is 1. The number of ether oxygens (including phenoxy) is 3. The van der Waals surface area contributed by atoms with Gasteiger partial charge in [0, 0.05) is 18.4 Å². The van der Waals surface area contributed by atoms with E-state index in [1.807, 2.05) is 31.2 Å². The number of hydrogen-bond acceptors (Lipinski definition) is 6. The van der Waals surface area contributed by atoms with Gasteiger partial charge in [0.1, 0.15) is 23.1 Å². The quantitative estimate of drug-likeness (QED) is 0.857. The standard InChI is InChI=1S/C22H23N3O4/c1-13-9-18-20(22(26)25(13)12-16-7-4-8-28-16)19(17(11-23)21(24)29-18)14-5-3-6-15(10-14)27-2/h3,5-6,9-10,16,19H,4,7-8,12,24H2,1-2H3/t16-,19-/m0/s1. The Bertz CT molecular complexity index is 1070. The molecule has 1 aromatic carbocycles. The van der Waals surface area contributed by atoms with Gasteiger partial charge in [0.2, 0.25) is 5.88 Å². The molecule has 0 bridgehead atoms. The van der Waals surface area contributed by atoms with Gasteiger partial charge in [-0.15, -0.1) is 0 Å². The van der Waals surface area contributed by atoms with E-state index >= 15 is 0 Å². The van der Waals surface area contributed by atoms with Crippen molar-refractivity contribution < 1.29 is 14.2 Å². The lowest BCUT2D eigenvalue weighted by atomic mass is 9.84. The van der Waals surface area contributed by atoms with Gasteiger partial charge in [0.15, 0.2) is 0 Å². The first-order valence-corrected chi connectivity index (χ1v) is 9.61. The second-order valence-corrected chi connectivity index (χ2v) is 7.32. The average Bonchev–Trinajstić information content (AvgIpc) is 3.23. The number of nitrogens with zero attached hydrogens (tertiary/aromatic N) is 2. The summed E-state index contributed by atoms with van der Waals surface area (Å²) in [6, 6.07) is 11.2. The predicted molar refractivity (Wildman–Crippen MR) is 107 cm³/mol. The molecule has 0 radical (unpaired) electrons. The number of rotatable bonds is 4. The Morgan fingerprint density at radius 2 is 2.21 bits per heavy atom. The molecule has 7 nitrogen and oxygen atoms in total. The normalized spacial score (nSPS) is 20.7. The van der Waals surface area contributed by atoms with Crippen LogP contribution in [-0.2, 0) is 11.3 Å². The second kappa shape index (κ2) is 7.64. The summed E-state index contributed by atoms with van der Waals surface area (Å²) in [7, 11) is 1.57. The summed E-state index contributed by atoms with van der Waals surface area (Å²) in [5.41, 5.74) is 8.00. The third-order valence-corrected chi connectivity index (χ3v) is 5.53. The highest BCUT2D eigenvalue weighted by molar-refractivity contribution is 5.56. The molecule has 2 aliphatic heterocycles. The predicted octanol–water partition coefficient (Wildman–Crippen LogP) is 2.56. The fourth-order valence-corrected chi connectivity index (χ4v) is 4.06. The minimum Gasteiger partial charge on any atom is -0.497 e. The molecule has 0 spiro atoms. The summed E-state index contributed by atoms with van der Waals surface area (Å²) < 4.78 is 18.5. The fourth-order valence-electron chi connectivity index (χ4n) is 4.06. The van der Waals surface area contributed by atoms with E-state index in [0.29, 0.717) is 23.6 Å². The van der Waals surface area contributed by atoms with Gasteiger partial charge in [-0.1, -0.05) is 12.1 Å². The highest BCUT2D eigenvalue weighted by atomic mass is 16.5. The van der Waals surface area contributed by atoms with Gasteiger partial charge < -0.3 is 24.5 Å². The van der Waals surface area contributed by atoms with E-state index in [1.165, 1.54) is 0 Å². The Kier molecular flexibility index (Phi) is 5.03. The average molecular weight is 393 g/mol. The maximum Gasteiger partial charge on any atom is 0.258 e. The molecule has 1 aromatic heterocycles. The first-order valence-electron chi connectivity index (χ1n) is 9.61. The highest BCUT2D eigenvalue weighted by Crippen LogP contribution is 2.41. The van der Waals surface area contributed by atoms with Gasteiger partial charge in [0.05, 0.1) is 31.2 Å². The van der Waals surface area contributed by atoms with E-state index in [1.54, 1.807) is 17.7 Å². The van der Waals surface area contributed by atoms with Crippen LogP contribution in [0.2, 0.25) is 0 Å². The van der Waals surface area contributed by atoms with Gasteiger partial charge in [-0.2, -0.15) is 5.26 Å². The molecule has 29 heavy (non-hydrogen) atoms. The van der Waals surface area contributed by atoms with Crippen molar-refractivity contribution in [3.05, 3.63) is 69.0 Å². The van der Waals surface area contributed by atoms with Crippen LogP contribution in [0.25, 0.3) is 0 Å². The largest absolute Gasteiger partial charge is 0.497 e. The molecule has 1 saturated heterocycles. The molecule has 0 unspecified atom stereocenters. The number of hydrogen-bond donors (Lipinski definition) is 1. The van der Waals surface area contributed by atoms with Crippen molar-refractivity contribution >= 4 is 0 Å². The molecule has 150 valence electrons. The van der Waals surface area contributed by atoms with Crippen molar-refractivity contribution in [3.8, 4) is 17.6 Å². The summed E-state index contributed by atoms with van der Waals surface area (Å²) in [5.74, 6) is 0.421. The van der Waals surface area contributed by atoms with E-state index < -0.39 is 5.92 Å². The van der Waals surface area contributed by atoms with Gasteiger partial charge in [-0.3, -0.25) is 4.79 Å². The topological polar surface area (TPSA) is 99.5 Å². The third-order valence-electron chi connectivity index (χ3n) is 5.53. The molecule has 2 N–H and O–H groups in total. The molecule has 0 amide bonds. The summed E-state index contributed by atoms with van der Waals surface area (Å²) in [6.07, 6.45) is 1.94. The smallest absolute Gasteiger partial charge is 0.258 e. The van der Waals surface area contributed by atoms with Crippen LogP contribution in [-0.4, -0.2) is 24.4 Å². The number of nitriles is 1. The molecule has 3 heterocycles. The van der Waals surface area contributed by atoms with E-state index in [4.69, 9.17) is 19.9 Å². The number of aryl methyl sites for hydroxylation is 1. The van der Waals surface area contributed by atoms with Crippen LogP contribution in [0.15, 0.2) is 46.6 Å². The number of aromatic nitrogens is 1. The Hall–Kier alpha value is -3.24. The SMILES string of the molecule is COc1cccc([C@H]2C(C#N)=C(N)Oc3cc(C)n(C[C@@H]4CCCO4)c(=O)c32)c1. The lowest BCUT2D eigenvalue weighted by Gasteiger charge is -2.28. The van der Waals surface area contributed by atoms with E-state index in [9.17, 15) is 10.1 Å². The van der Waals surface area contributed by atoms with Crippen molar-refractivity contribution in [2.75, 3.05) is 13.7 Å². The first kappa shape index (κ1) is 19.1. The molecule has 7 heteroatoms. The Morgan fingerprint density at radius 1 is 1.38 bits per heavy atom. The lowest BCUT2D eigenvalue weighted by molar-refractivity contribution is 0.0955. The van der Waals surface area contributed by atoms with Gasteiger partial charge in [-0.25, -0.2) is 0 Å². The van der Waals surface area contributed by atoms with Crippen LogP contribution in [0.1, 0.15) is 35.6 Å². The number of nitrogens with two attached hydrogens (primary N) is 1. The van der Waals surface area contributed by atoms with Crippen molar-refractivity contribution in [1.29, 1.82) is 5.26 Å². The molecule has 0 saturated carbocycles. The molecular weight excluding hydrogens is 370 g/mol. The summed E-state index contributed by atoms with van der Waals surface area (Å²) >= 11 is 0. The maximum atomic E-state index is 13.6. The van der Waals surface area contributed by atoms with Gasteiger partial charge >= 0.3 is 0 Å². The first-order chi connectivity index (χ1) is 14.0. The molecule has 4 rings (SSSR count). The number of allylic oxidation sites excluding steroid dienone is 1. The van der Waals surface area contributed by atoms with Crippen molar-refractivity contribution in [1.82, 2.24) is 4.57 Å². The number of fused-ring (bicyclic) bond motifs is 1. The highest BCUT2D eigenvalue weighted by Gasteiger charge is 2.35. The van der Waals surface area contributed by atoms with Crippen LogP contribution in [0, 0.1) is 18.3 Å².